The highest BCUT2D eigenvalue weighted by Gasteiger charge is 2.27. The van der Waals surface area contributed by atoms with E-state index in [1.807, 2.05) is 30.3 Å². The molecule has 0 spiro atoms. The second-order valence-electron chi connectivity index (χ2n) is 10.4. The molecule has 0 bridgehead atoms. The fraction of sp³-hybridized carbons (Fsp3) is 0.679. The average Bonchev–Trinajstić information content (AvgIpc) is 3.38. The molecular weight excluding hydrogens is 472 g/mol. The molecule has 1 aliphatic rings. The fourth-order valence-electron chi connectivity index (χ4n) is 4.20. The Morgan fingerprint density at radius 1 is 0.892 bits per heavy atom. The minimum absolute atomic E-state index is 0.131. The summed E-state index contributed by atoms with van der Waals surface area (Å²) in [6, 6.07) is 9.46. The van der Waals surface area contributed by atoms with Crippen LogP contribution in [0.25, 0.3) is 0 Å². The first-order valence-corrected chi connectivity index (χ1v) is 13.5. The second-order valence-corrected chi connectivity index (χ2v) is 10.4. The van der Waals surface area contributed by atoms with Gasteiger partial charge in [-0.2, -0.15) is 0 Å². The molecule has 208 valence electrons. The molecule has 1 aromatic carbocycles. The van der Waals surface area contributed by atoms with E-state index in [0.29, 0.717) is 26.2 Å². The highest BCUT2D eigenvalue weighted by atomic mass is 16.6. The van der Waals surface area contributed by atoms with E-state index in [0.717, 1.165) is 44.6 Å². The molecule has 0 N–H and O–H groups in total. The standard InChI is InChI=1S/C28H46N4O5/c1-6-29(7-2)17-20-32(27(35)36-23-24-13-9-8-10-14-24)21-25(33)31(19-18-30-15-11-12-16-30)22-26(34)37-28(3,4)5/h8-10,13-14H,6-7,11-12,15-23H2,1-5H3. The van der Waals surface area contributed by atoms with Crippen LogP contribution in [0, 0.1) is 0 Å². The smallest absolute Gasteiger partial charge is 0.410 e. The number of ether oxygens (including phenoxy) is 2. The van der Waals surface area contributed by atoms with E-state index < -0.39 is 17.7 Å². The first-order chi connectivity index (χ1) is 17.6. The van der Waals surface area contributed by atoms with Gasteiger partial charge in [0.1, 0.15) is 25.3 Å². The van der Waals surface area contributed by atoms with E-state index in [-0.39, 0.29) is 25.6 Å². The van der Waals surface area contributed by atoms with Crippen molar-refractivity contribution in [2.75, 3.05) is 65.4 Å². The summed E-state index contributed by atoms with van der Waals surface area (Å²) >= 11 is 0. The topological polar surface area (TPSA) is 82.6 Å². The van der Waals surface area contributed by atoms with E-state index >= 15 is 0 Å². The number of hydrogen-bond donors (Lipinski definition) is 0. The molecule has 0 radical (unpaired) electrons. The molecule has 1 fully saturated rings. The maximum atomic E-state index is 13.5. The van der Waals surface area contributed by atoms with Crippen molar-refractivity contribution in [1.29, 1.82) is 0 Å². The lowest BCUT2D eigenvalue weighted by atomic mass is 10.2. The number of carbonyl (C=O) groups excluding carboxylic acids is 3. The first-order valence-electron chi connectivity index (χ1n) is 13.5. The number of amides is 2. The van der Waals surface area contributed by atoms with Crippen LogP contribution in [0.3, 0.4) is 0 Å². The van der Waals surface area contributed by atoms with Crippen LogP contribution in [-0.4, -0.2) is 109 Å². The summed E-state index contributed by atoms with van der Waals surface area (Å²) in [4.78, 5) is 46.6. The van der Waals surface area contributed by atoms with Gasteiger partial charge in [-0.3, -0.25) is 14.5 Å². The molecular formula is C28H46N4O5. The molecule has 2 rings (SSSR count). The van der Waals surface area contributed by atoms with E-state index in [1.54, 1.807) is 20.8 Å². The highest BCUT2D eigenvalue weighted by Crippen LogP contribution is 2.11. The number of likely N-dealkylation sites (N-methyl/N-ethyl adjacent to an activating group) is 1. The van der Waals surface area contributed by atoms with Gasteiger partial charge < -0.3 is 24.2 Å². The lowest BCUT2D eigenvalue weighted by molar-refractivity contribution is -0.159. The largest absolute Gasteiger partial charge is 0.459 e. The number of nitrogens with zero attached hydrogens (tertiary/aromatic N) is 4. The monoisotopic (exact) mass is 518 g/mol. The van der Waals surface area contributed by atoms with Gasteiger partial charge in [0, 0.05) is 26.2 Å². The van der Waals surface area contributed by atoms with Gasteiger partial charge in [-0.1, -0.05) is 44.2 Å². The molecule has 37 heavy (non-hydrogen) atoms. The van der Waals surface area contributed by atoms with Crippen LogP contribution in [-0.2, 0) is 25.7 Å². The van der Waals surface area contributed by atoms with Crippen molar-refractivity contribution in [3.05, 3.63) is 35.9 Å². The molecule has 1 aliphatic heterocycles. The zero-order chi connectivity index (χ0) is 27.3. The zero-order valence-electron chi connectivity index (χ0n) is 23.4. The van der Waals surface area contributed by atoms with Gasteiger partial charge in [0.15, 0.2) is 0 Å². The summed E-state index contributed by atoms with van der Waals surface area (Å²) in [5, 5.41) is 0. The molecule has 0 saturated carbocycles. The normalized spacial score (nSPS) is 14.0. The number of carbonyl (C=O) groups is 3. The highest BCUT2D eigenvalue weighted by molar-refractivity contribution is 5.85. The third-order valence-electron chi connectivity index (χ3n) is 6.35. The Balaban J connectivity index is 2.09. The van der Waals surface area contributed by atoms with Gasteiger partial charge in [0.05, 0.1) is 0 Å². The van der Waals surface area contributed by atoms with Crippen LogP contribution in [0.4, 0.5) is 4.79 Å². The van der Waals surface area contributed by atoms with Gasteiger partial charge in [0.2, 0.25) is 5.91 Å². The number of hydrogen-bond acceptors (Lipinski definition) is 7. The van der Waals surface area contributed by atoms with E-state index in [9.17, 15) is 14.4 Å². The molecule has 1 saturated heterocycles. The van der Waals surface area contributed by atoms with Crippen LogP contribution in [0.5, 0.6) is 0 Å². The molecule has 1 aromatic rings. The Morgan fingerprint density at radius 3 is 2.14 bits per heavy atom. The van der Waals surface area contributed by atoms with Crippen molar-refractivity contribution in [3.63, 3.8) is 0 Å². The van der Waals surface area contributed by atoms with Crippen LogP contribution in [0.1, 0.15) is 53.0 Å². The molecule has 2 amide bonds. The molecule has 0 aromatic heterocycles. The van der Waals surface area contributed by atoms with E-state index in [2.05, 4.69) is 23.6 Å². The predicted octanol–water partition coefficient (Wildman–Crippen LogP) is 3.23. The number of likely N-dealkylation sites (tertiary alicyclic amines) is 1. The van der Waals surface area contributed by atoms with Crippen LogP contribution in [0.15, 0.2) is 30.3 Å². The van der Waals surface area contributed by atoms with E-state index in [1.165, 1.54) is 9.80 Å². The predicted molar refractivity (Wildman–Crippen MR) is 144 cm³/mol. The molecule has 9 heteroatoms. The van der Waals surface area contributed by atoms with E-state index in [4.69, 9.17) is 9.47 Å². The lowest BCUT2D eigenvalue weighted by Gasteiger charge is -2.30. The Labute approximate surface area is 222 Å². The minimum atomic E-state index is -0.641. The van der Waals surface area contributed by atoms with Crippen LogP contribution < -0.4 is 0 Å². The van der Waals surface area contributed by atoms with Crippen LogP contribution in [0.2, 0.25) is 0 Å². The van der Waals surface area contributed by atoms with Crippen LogP contribution >= 0.6 is 0 Å². The molecule has 0 aliphatic carbocycles. The third kappa shape index (κ3) is 12.0. The molecule has 9 nitrogen and oxygen atoms in total. The Hall–Kier alpha value is -2.65. The second kappa shape index (κ2) is 15.6. The van der Waals surface area contributed by atoms with Crippen molar-refractivity contribution in [2.24, 2.45) is 0 Å². The molecule has 1 heterocycles. The van der Waals surface area contributed by atoms with Crippen molar-refractivity contribution in [1.82, 2.24) is 19.6 Å². The summed E-state index contributed by atoms with van der Waals surface area (Å²) in [5.41, 5.74) is 0.237. The van der Waals surface area contributed by atoms with Crippen molar-refractivity contribution in [3.8, 4) is 0 Å². The van der Waals surface area contributed by atoms with Crippen molar-refractivity contribution < 1.29 is 23.9 Å². The summed E-state index contributed by atoms with van der Waals surface area (Å²) in [6.45, 7) is 15.1. The summed E-state index contributed by atoms with van der Waals surface area (Å²) in [5.74, 6) is -0.745. The van der Waals surface area contributed by atoms with Crippen molar-refractivity contribution >= 4 is 18.0 Å². The SMILES string of the molecule is CCN(CC)CCN(CC(=O)N(CCN1CCCC1)CC(=O)OC(C)(C)C)C(=O)OCc1ccccc1. The number of benzene rings is 1. The van der Waals surface area contributed by atoms with Gasteiger partial charge in [-0.05, 0) is 65.4 Å². The zero-order valence-corrected chi connectivity index (χ0v) is 23.4. The Kier molecular flexibility index (Phi) is 12.9. The Bertz CT molecular complexity index is 833. The van der Waals surface area contributed by atoms with Gasteiger partial charge >= 0.3 is 12.1 Å². The summed E-state index contributed by atoms with van der Waals surface area (Å²) in [7, 11) is 0. The molecule has 0 unspecified atom stereocenters. The lowest BCUT2D eigenvalue weighted by Crippen LogP contribution is -2.49. The van der Waals surface area contributed by atoms with Gasteiger partial charge in [-0.15, -0.1) is 0 Å². The maximum Gasteiger partial charge on any atom is 0.410 e. The van der Waals surface area contributed by atoms with Gasteiger partial charge in [-0.25, -0.2) is 4.79 Å². The summed E-state index contributed by atoms with van der Waals surface area (Å²) in [6.07, 6.45) is 1.75. The third-order valence-corrected chi connectivity index (χ3v) is 6.35. The first kappa shape index (κ1) is 30.6. The fourth-order valence-corrected chi connectivity index (χ4v) is 4.20. The van der Waals surface area contributed by atoms with Gasteiger partial charge in [0.25, 0.3) is 0 Å². The van der Waals surface area contributed by atoms with Crippen molar-refractivity contribution in [2.45, 2.75) is 59.7 Å². The minimum Gasteiger partial charge on any atom is -0.459 e. The summed E-state index contributed by atoms with van der Waals surface area (Å²) < 4.78 is 11.0. The quantitative estimate of drug-likeness (QED) is 0.350. The Morgan fingerprint density at radius 2 is 1.54 bits per heavy atom. The average molecular weight is 519 g/mol. The number of esters is 1. The maximum absolute atomic E-state index is 13.5. The number of rotatable bonds is 14. The molecule has 0 atom stereocenters.